The first kappa shape index (κ1) is 13.0. The second-order valence-electron chi connectivity index (χ2n) is 1.66. The van der Waals surface area contributed by atoms with Crippen LogP contribution in [0.3, 0.4) is 0 Å². The Morgan fingerprint density at radius 3 is 2.18 bits per heavy atom. The van der Waals surface area contributed by atoms with Gasteiger partial charge in [-0.15, -0.1) is 0 Å². The van der Waals surface area contributed by atoms with Crippen molar-refractivity contribution in [3.63, 3.8) is 0 Å². The van der Waals surface area contributed by atoms with Gasteiger partial charge >= 0.3 is 5.69 Å². The Bertz CT molecular complexity index is 258. The van der Waals surface area contributed by atoms with Gasteiger partial charge in [0.2, 0.25) is 5.39 Å². The third-order valence-corrected chi connectivity index (χ3v) is 1.04. The quantitative estimate of drug-likeness (QED) is 0.338. The molecule has 0 aliphatic rings. The monoisotopic (exact) mass is 219 g/mol. The summed E-state index contributed by atoms with van der Waals surface area (Å²) in [6, 6.07) is 6.85. The van der Waals surface area contributed by atoms with E-state index in [9.17, 15) is 0 Å². The van der Waals surface area contributed by atoms with Gasteiger partial charge in [0.05, 0.1) is 0 Å². The van der Waals surface area contributed by atoms with Crippen LogP contribution in [0.5, 0.6) is 0 Å². The Labute approximate surface area is 83.8 Å². The Balaban J connectivity index is 0. The number of rotatable bonds is 0. The number of anilines is 1. The molecule has 0 aromatic heterocycles. The number of nitrogens with zero attached hydrogens (tertiary/aromatic N) is 2. The molecule has 1 rings (SSSR count). The van der Waals surface area contributed by atoms with Crippen molar-refractivity contribution in [2.75, 3.05) is 5.73 Å². The maximum atomic E-state index is 8.26. The van der Waals surface area contributed by atoms with Gasteiger partial charge in [0, 0.05) is 25.5 Å². The van der Waals surface area contributed by atoms with E-state index in [1.807, 2.05) is 0 Å². The molecule has 0 heterocycles. The number of hydrogen-bond acceptors (Lipinski definition) is 2. The van der Waals surface area contributed by atoms with Gasteiger partial charge in [0.1, 0.15) is 5.69 Å². The standard InChI is InChI=1S/C6H6N3.ClH.Zn/c7-5-3-1-2-4-6(5)9-8;;/h1-4H,7H2;1H;/q+1;;/p-1. The fraction of sp³-hybridized carbons (Fsp3) is 0. The van der Waals surface area contributed by atoms with Crippen LogP contribution in [-0.2, 0) is 19.5 Å². The molecule has 0 bridgehead atoms. The van der Waals surface area contributed by atoms with Gasteiger partial charge in [-0.25, -0.2) is 0 Å². The third kappa shape index (κ3) is 3.31. The first-order valence-electron chi connectivity index (χ1n) is 2.54. The molecule has 54 valence electrons. The molecule has 0 saturated carbocycles. The van der Waals surface area contributed by atoms with Crippen LogP contribution in [0.15, 0.2) is 24.3 Å². The Hall–Kier alpha value is -0.647. The zero-order valence-corrected chi connectivity index (χ0v) is 9.59. The topological polar surface area (TPSA) is 54.2 Å². The van der Waals surface area contributed by atoms with Crippen LogP contribution in [0.4, 0.5) is 11.4 Å². The average Bonchev–Trinajstić information content (AvgIpc) is 1.89. The van der Waals surface area contributed by atoms with E-state index in [1.54, 1.807) is 24.3 Å². The number of para-hydroxylation sites is 1. The first-order chi connectivity index (χ1) is 4.34. The van der Waals surface area contributed by atoms with Crippen molar-refractivity contribution in [1.82, 2.24) is 0 Å². The molecule has 1 aromatic carbocycles. The van der Waals surface area contributed by atoms with Crippen LogP contribution >= 0.6 is 0 Å². The minimum Gasteiger partial charge on any atom is -1.00 e. The molecule has 0 amide bonds. The molecule has 0 radical (unpaired) electrons. The molecule has 0 aliphatic heterocycles. The Morgan fingerprint density at radius 1 is 1.27 bits per heavy atom. The summed E-state index contributed by atoms with van der Waals surface area (Å²) in [5.74, 6) is 0. The molecule has 0 saturated heterocycles. The molecular weight excluding hydrogens is 215 g/mol. The summed E-state index contributed by atoms with van der Waals surface area (Å²) in [7, 11) is 0. The number of diazo groups is 1. The Kier molecular flexibility index (Phi) is 7.19. The molecule has 3 nitrogen and oxygen atoms in total. The van der Waals surface area contributed by atoms with Gasteiger partial charge in [-0.2, -0.15) is 0 Å². The van der Waals surface area contributed by atoms with Gasteiger partial charge in [0.15, 0.2) is 4.98 Å². The van der Waals surface area contributed by atoms with Crippen LogP contribution in [0, 0.1) is 5.39 Å². The van der Waals surface area contributed by atoms with E-state index in [0.717, 1.165) is 0 Å². The van der Waals surface area contributed by atoms with Crippen molar-refractivity contribution < 1.29 is 31.9 Å². The van der Waals surface area contributed by atoms with Gasteiger partial charge < -0.3 is 18.1 Å². The summed E-state index contributed by atoms with van der Waals surface area (Å²) in [6.07, 6.45) is 0. The van der Waals surface area contributed by atoms with Crippen molar-refractivity contribution >= 4 is 11.4 Å². The summed E-state index contributed by atoms with van der Waals surface area (Å²) < 4.78 is 0. The van der Waals surface area contributed by atoms with E-state index in [-0.39, 0.29) is 31.9 Å². The summed E-state index contributed by atoms with van der Waals surface area (Å²) in [5, 5.41) is 8.26. The maximum Gasteiger partial charge on any atom is 0.407 e. The maximum absolute atomic E-state index is 8.26. The third-order valence-electron chi connectivity index (χ3n) is 1.04. The zero-order valence-electron chi connectivity index (χ0n) is 5.87. The zero-order chi connectivity index (χ0) is 6.69. The average molecular weight is 221 g/mol. The van der Waals surface area contributed by atoms with Crippen LogP contribution in [0.25, 0.3) is 4.98 Å². The van der Waals surface area contributed by atoms with E-state index in [4.69, 9.17) is 11.1 Å². The second-order valence-corrected chi connectivity index (χ2v) is 1.66. The van der Waals surface area contributed by atoms with Crippen LogP contribution in [-0.4, -0.2) is 0 Å². The van der Waals surface area contributed by atoms with E-state index >= 15 is 0 Å². The van der Waals surface area contributed by atoms with Crippen LogP contribution in [0.2, 0.25) is 0 Å². The van der Waals surface area contributed by atoms with Crippen molar-refractivity contribution in [2.24, 2.45) is 0 Å². The molecule has 0 unspecified atom stereocenters. The number of halogens is 1. The molecule has 0 aliphatic carbocycles. The fourth-order valence-corrected chi connectivity index (χ4v) is 0.579. The SMILES string of the molecule is N#[N+]c1ccccc1N.[Cl-].[Zn]. The minimum atomic E-state index is 0. The molecule has 5 heteroatoms. The number of benzene rings is 1. The molecule has 0 spiro atoms. The summed E-state index contributed by atoms with van der Waals surface area (Å²) >= 11 is 0. The predicted molar refractivity (Wildman–Crippen MR) is 35.6 cm³/mol. The van der Waals surface area contributed by atoms with Gasteiger partial charge in [-0.1, -0.05) is 12.1 Å². The first-order valence-corrected chi connectivity index (χ1v) is 2.54. The fourth-order valence-electron chi connectivity index (χ4n) is 0.579. The largest absolute Gasteiger partial charge is 1.00 e. The predicted octanol–water partition coefficient (Wildman–Crippen LogP) is -1.25. The van der Waals surface area contributed by atoms with Crippen LogP contribution < -0.4 is 18.1 Å². The summed E-state index contributed by atoms with van der Waals surface area (Å²) in [6.45, 7) is 0. The molecule has 2 N–H and O–H groups in total. The van der Waals surface area contributed by atoms with Crippen LogP contribution in [0.1, 0.15) is 0 Å². The molecule has 0 atom stereocenters. The van der Waals surface area contributed by atoms with E-state index in [0.29, 0.717) is 11.4 Å². The van der Waals surface area contributed by atoms with Gasteiger partial charge in [-0.05, 0) is 6.07 Å². The Morgan fingerprint density at radius 2 is 1.82 bits per heavy atom. The summed E-state index contributed by atoms with van der Waals surface area (Å²) in [5.41, 5.74) is 6.28. The summed E-state index contributed by atoms with van der Waals surface area (Å²) in [4.78, 5) is 2.95. The van der Waals surface area contributed by atoms with Crippen molar-refractivity contribution in [2.45, 2.75) is 0 Å². The van der Waals surface area contributed by atoms with E-state index in [1.165, 1.54) is 0 Å². The molecule has 0 fully saturated rings. The van der Waals surface area contributed by atoms with Gasteiger partial charge in [-0.3, -0.25) is 0 Å². The normalized spacial score (nSPS) is 6.82. The molecule has 11 heavy (non-hydrogen) atoms. The van der Waals surface area contributed by atoms with Crippen molar-refractivity contribution in [1.29, 1.82) is 5.39 Å². The van der Waals surface area contributed by atoms with Crippen molar-refractivity contribution in [3.05, 3.63) is 29.2 Å². The van der Waals surface area contributed by atoms with Gasteiger partial charge in [0.25, 0.3) is 0 Å². The molecular formula is C6H6ClN3Zn. The van der Waals surface area contributed by atoms with Crippen molar-refractivity contribution in [3.8, 4) is 0 Å². The minimum absolute atomic E-state index is 0. The number of nitrogen functional groups attached to an aromatic ring is 1. The number of hydrogen-bond donors (Lipinski definition) is 1. The van der Waals surface area contributed by atoms with E-state index in [2.05, 4.69) is 4.98 Å². The van der Waals surface area contributed by atoms with E-state index < -0.39 is 0 Å². The smallest absolute Gasteiger partial charge is 0.407 e. The number of nitrogens with two attached hydrogens (primary N) is 1. The molecule has 1 aromatic rings. The second kappa shape index (κ2) is 6.09.